The number of hydrogen-bond donors (Lipinski definition) is 2. The maximum atomic E-state index is 12.1. The molecule has 1 heterocycles. The van der Waals surface area contributed by atoms with Crippen molar-refractivity contribution in [3.63, 3.8) is 0 Å². The molecule has 0 saturated carbocycles. The van der Waals surface area contributed by atoms with E-state index in [2.05, 4.69) is 10.3 Å². The van der Waals surface area contributed by atoms with Crippen molar-refractivity contribution in [3.8, 4) is 5.75 Å². The molecule has 2 aromatic rings. The Labute approximate surface area is 149 Å². The Bertz CT molecular complexity index is 642. The van der Waals surface area contributed by atoms with E-state index in [1.54, 1.807) is 18.3 Å². The van der Waals surface area contributed by atoms with Crippen LogP contribution in [0.15, 0.2) is 42.6 Å². The number of amides is 1. The van der Waals surface area contributed by atoms with Crippen LogP contribution < -0.4 is 15.8 Å². The number of anilines is 1. The molecule has 130 valence electrons. The number of nitrogens with zero attached hydrogens (tertiary/aromatic N) is 1. The number of hydrogen-bond acceptors (Lipinski definition) is 4. The first-order valence-electron chi connectivity index (χ1n) is 7.70. The van der Waals surface area contributed by atoms with Crippen molar-refractivity contribution in [2.75, 3.05) is 5.73 Å². The van der Waals surface area contributed by atoms with Crippen molar-refractivity contribution < 1.29 is 9.53 Å². The molecule has 1 unspecified atom stereocenters. The molecule has 0 radical (unpaired) electrons. The van der Waals surface area contributed by atoms with Crippen LogP contribution in [0.25, 0.3) is 0 Å². The lowest BCUT2D eigenvalue weighted by Gasteiger charge is -2.15. The van der Waals surface area contributed by atoms with Gasteiger partial charge >= 0.3 is 0 Å². The van der Waals surface area contributed by atoms with E-state index in [-0.39, 0.29) is 36.9 Å². The summed E-state index contributed by atoms with van der Waals surface area (Å²) in [6.45, 7) is 5.93. The average molecular weight is 350 g/mol. The predicted octanol–water partition coefficient (Wildman–Crippen LogP) is 3.29. The number of aromatic nitrogens is 1. The van der Waals surface area contributed by atoms with Crippen molar-refractivity contribution in [2.45, 2.75) is 39.3 Å². The third-order valence-electron chi connectivity index (χ3n) is 3.32. The van der Waals surface area contributed by atoms with E-state index in [4.69, 9.17) is 10.5 Å². The number of nitrogens with one attached hydrogen (secondary N) is 1. The molecule has 0 aliphatic heterocycles. The minimum absolute atomic E-state index is 0. The van der Waals surface area contributed by atoms with Gasteiger partial charge in [-0.3, -0.25) is 9.78 Å². The first-order valence-corrected chi connectivity index (χ1v) is 7.70. The van der Waals surface area contributed by atoms with Crippen LogP contribution in [0.3, 0.4) is 0 Å². The summed E-state index contributed by atoms with van der Waals surface area (Å²) >= 11 is 0. The van der Waals surface area contributed by atoms with E-state index in [1.807, 2.05) is 45.0 Å². The topological polar surface area (TPSA) is 77.2 Å². The zero-order chi connectivity index (χ0) is 16.8. The van der Waals surface area contributed by atoms with E-state index in [9.17, 15) is 4.79 Å². The summed E-state index contributed by atoms with van der Waals surface area (Å²) in [6.07, 6.45) is 1.93. The van der Waals surface area contributed by atoms with E-state index in [0.29, 0.717) is 11.4 Å². The largest absolute Gasteiger partial charge is 0.491 e. The Balaban J connectivity index is 0.00000288. The third-order valence-corrected chi connectivity index (χ3v) is 3.32. The molecule has 24 heavy (non-hydrogen) atoms. The highest BCUT2D eigenvalue weighted by Gasteiger charge is 2.11. The van der Waals surface area contributed by atoms with Gasteiger partial charge in [-0.2, -0.15) is 0 Å². The molecule has 0 fully saturated rings. The molecular weight excluding hydrogens is 326 g/mol. The highest BCUT2D eigenvalue weighted by atomic mass is 35.5. The number of nitrogens with two attached hydrogens (primary N) is 1. The molecular formula is C18H24ClN3O2. The summed E-state index contributed by atoms with van der Waals surface area (Å²) < 4.78 is 5.61. The lowest BCUT2D eigenvalue weighted by Crippen LogP contribution is -2.28. The molecule has 1 atom stereocenters. The number of carbonyl (C=O) groups excluding carboxylic acids is 1. The van der Waals surface area contributed by atoms with E-state index >= 15 is 0 Å². The van der Waals surface area contributed by atoms with Gasteiger partial charge in [-0.1, -0.05) is 12.1 Å². The smallest absolute Gasteiger partial charge is 0.226 e. The number of halogens is 1. The van der Waals surface area contributed by atoms with Gasteiger partial charge in [0.1, 0.15) is 5.75 Å². The zero-order valence-corrected chi connectivity index (χ0v) is 15.0. The molecule has 0 bridgehead atoms. The Kier molecular flexibility index (Phi) is 7.52. The second kappa shape index (κ2) is 9.13. The van der Waals surface area contributed by atoms with Gasteiger partial charge in [0.05, 0.1) is 30.5 Å². The summed E-state index contributed by atoms with van der Waals surface area (Å²) in [6, 6.07) is 11.2. The van der Waals surface area contributed by atoms with Crippen molar-refractivity contribution in [1.82, 2.24) is 10.3 Å². The first kappa shape index (κ1) is 19.8. The van der Waals surface area contributed by atoms with Crippen LogP contribution in [0.2, 0.25) is 0 Å². The summed E-state index contributed by atoms with van der Waals surface area (Å²) in [7, 11) is 0. The van der Waals surface area contributed by atoms with Gasteiger partial charge in [-0.05, 0) is 50.6 Å². The van der Waals surface area contributed by atoms with Crippen molar-refractivity contribution in [1.29, 1.82) is 0 Å². The Morgan fingerprint density at radius 1 is 1.17 bits per heavy atom. The summed E-state index contributed by atoms with van der Waals surface area (Å²) in [4.78, 5) is 16.2. The molecule has 0 spiro atoms. The molecule has 1 aromatic heterocycles. The minimum Gasteiger partial charge on any atom is -0.491 e. The summed E-state index contributed by atoms with van der Waals surface area (Å²) in [5, 5.41) is 2.97. The number of carbonyl (C=O) groups is 1. The van der Waals surface area contributed by atoms with Crippen LogP contribution in [0, 0.1) is 0 Å². The lowest BCUT2D eigenvalue weighted by molar-refractivity contribution is -0.121. The van der Waals surface area contributed by atoms with Gasteiger partial charge in [0.15, 0.2) is 0 Å². The van der Waals surface area contributed by atoms with Crippen molar-refractivity contribution in [2.24, 2.45) is 0 Å². The van der Waals surface area contributed by atoms with Gasteiger partial charge in [-0.25, -0.2) is 0 Å². The monoisotopic (exact) mass is 349 g/mol. The maximum Gasteiger partial charge on any atom is 0.226 e. The molecule has 1 aromatic carbocycles. The van der Waals surface area contributed by atoms with Crippen molar-refractivity contribution in [3.05, 3.63) is 53.9 Å². The fraction of sp³-hybridized carbons (Fsp3) is 0.333. The Hall–Kier alpha value is -2.27. The molecule has 6 heteroatoms. The van der Waals surface area contributed by atoms with Gasteiger partial charge in [-0.15, -0.1) is 12.4 Å². The van der Waals surface area contributed by atoms with Crippen LogP contribution in [0.1, 0.15) is 38.1 Å². The van der Waals surface area contributed by atoms with Crippen LogP contribution >= 0.6 is 12.4 Å². The zero-order valence-electron chi connectivity index (χ0n) is 14.2. The SMILES string of the molecule is CC(C)Oc1ccc(C(C)NC(=O)Cc2ccc(N)cn2)cc1.Cl. The fourth-order valence-electron chi connectivity index (χ4n) is 2.19. The molecule has 2 rings (SSSR count). The van der Waals surface area contributed by atoms with Crippen LogP contribution in [-0.4, -0.2) is 17.0 Å². The number of nitrogen functional groups attached to an aromatic ring is 1. The van der Waals surface area contributed by atoms with Gasteiger partial charge in [0.25, 0.3) is 0 Å². The molecule has 0 saturated heterocycles. The van der Waals surface area contributed by atoms with E-state index < -0.39 is 0 Å². The molecule has 3 N–H and O–H groups in total. The van der Waals surface area contributed by atoms with Crippen LogP contribution in [0.4, 0.5) is 5.69 Å². The highest BCUT2D eigenvalue weighted by molar-refractivity contribution is 5.85. The molecule has 1 amide bonds. The maximum absolute atomic E-state index is 12.1. The van der Waals surface area contributed by atoms with Crippen LogP contribution in [0.5, 0.6) is 5.75 Å². The van der Waals surface area contributed by atoms with Gasteiger partial charge in [0, 0.05) is 5.69 Å². The fourth-order valence-corrected chi connectivity index (χ4v) is 2.19. The molecule has 5 nitrogen and oxygen atoms in total. The predicted molar refractivity (Wildman–Crippen MR) is 98.4 cm³/mol. The third kappa shape index (κ3) is 6.08. The quantitative estimate of drug-likeness (QED) is 0.838. The minimum atomic E-state index is -0.0793. The highest BCUT2D eigenvalue weighted by Crippen LogP contribution is 2.18. The van der Waals surface area contributed by atoms with E-state index in [0.717, 1.165) is 11.3 Å². The lowest BCUT2D eigenvalue weighted by atomic mass is 10.1. The first-order chi connectivity index (χ1) is 10.9. The normalized spacial score (nSPS) is 11.5. The number of pyridine rings is 1. The standard InChI is InChI=1S/C18H23N3O2.ClH/c1-12(2)23-17-8-4-14(5-9-17)13(3)21-18(22)10-16-7-6-15(19)11-20-16;/h4-9,11-13H,10,19H2,1-3H3,(H,21,22);1H. The Morgan fingerprint density at radius 2 is 1.83 bits per heavy atom. The van der Waals surface area contributed by atoms with Gasteiger partial charge in [0.2, 0.25) is 5.91 Å². The number of benzene rings is 1. The number of ether oxygens (including phenoxy) is 1. The molecule has 0 aliphatic rings. The van der Waals surface area contributed by atoms with E-state index in [1.165, 1.54) is 0 Å². The number of rotatable bonds is 6. The second-order valence-electron chi connectivity index (χ2n) is 5.78. The average Bonchev–Trinajstić information content (AvgIpc) is 2.49. The second-order valence-corrected chi connectivity index (χ2v) is 5.78. The van der Waals surface area contributed by atoms with Gasteiger partial charge < -0.3 is 15.8 Å². The summed E-state index contributed by atoms with van der Waals surface area (Å²) in [5.74, 6) is 0.755. The molecule has 0 aliphatic carbocycles. The van der Waals surface area contributed by atoms with Crippen LogP contribution in [-0.2, 0) is 11.2 Å². The summed E-state index contributed by atoms with van der Waals surface area (Å²) in [5.41, 5.74) is 7.90. The Morgan fingerprint density at radius 3 is 2.38 bits per heavy atom. The van der Waals surface area contributed by atoms with Crippen molar-refractivity contribution >= 4 is 24.0 Å².